The van der Waals surface area contributed by atoms with Crippen LogP contribution in [0.2, 0.25) is 0 Å². The number of amides is 2. The largest absolute Gasteiger partial charge is 0.341 e. The third kappa shape index (κ3) is 3.84. The molecule has 0 bridgehead atoms. The lowest BCUT2D eigenvalue weighted by atomic mass is 10.0. The zero-order valence-corrected chi connectivity index (χ0v) is 12.8. The summed E-state index contributed by atoms with van der Waals surface area (Å²) in [6.07, 6.45) is 5.15. The quantitative estimate of drug-likeness (QED) is 0.726. The van der Waals surface area contributed by atoms with Gasteiger partial charge in [-0.3, -0.25) is 9.59 Å². The average molecular weight is 278 g/mol. The van der Waals surface area contributed by atoms with Crippen molar-refractivity contribution in [3.05, 3.63) is 12.2 Å². The van der Waals surface area contributed by atoms with Crippen molar-refractivity contribution in [3.63, 3.8) is 0 Å². The van der Waals surface area contributed by atoms with E-state index in [0.29, 0.717) is 30.0 Å². The van der Waals surface area contributed by atoms with Gasteiger partial charge >= 0.3 is 0 Å². The van der Waals surface area contributed by atoms with Crippen molar-refractivity contribution in [2.45, 2.75) is 71.0 Å². The van der Waals surface area contributed by atoms with Gasteiger partial charge in [0, 0.05) is 17.7 Å². The summed E-state index contributed by atoms with van der Waals surface area (Å²) >= 11 is 0. The third-order valence-electron chi connectivity index (χ3n) is 3.83. The molecule has 0 spiro atoms. The second-order valence-electron chi connectivity index (χ2n) is 6.64. The minimum Gasteiger partial charge on any atom is -0.341 e. The molecule has 2 saturated carbocycles. The highest BCUT2D eigenvalue weighted by Crippen LogP contribution is 2.38. The van der Waals surface area contributed by atoms with Crippen LogP contribution in [0.25, 0.3) is 0 Å². The van der Waals surface area contributed by atoms with Crippen molar-refractivity contribution in [2.24, 2.45) is 5.92 Å². The van der Waals surface area contributed by atoms with Crippen molar-refractivity contribution in [1.29, 1.82) is 0 Å². The molecular weight excluding hydrogens is 252 g/mol. The molecule has 0 aromatic carbocycles. The average Bonchev–Trinajstić information content (AvgIpc) is 3.21. The van der Waals surface area contributed by atoms with Gasteiger partial charge in [0.1, 0.15) is 6.04 Å². The lowest BCUT2D eigenvalue weighted by molar-refractivity contribution is -0.137. The van der Waals surface area contributed by atoms with Crippen LogP contribution in [-0.4, -0.2) is 34.8 Å². The number of carbonyl (C=O) groups excluding carboxylic acids is 2. The molecule has 1 N–H and O–H groups in total. The van der Waals surface area contributed by atoms with E-state index < -0.39 is 6.04 Å². The molecule has 4 nitrogen and oxygen atoms in total. The van der Waals surface area contributed by atoms with Gasteiger partial charge in [-0.2, -0.15) is 0 Å². The van der Waals surface area contributed by atoms with E-state index in [1.807, 2.05) is 4.90 Å². The molecule has 0 heterocycles. The Balaban J connectivity index is 2.05. The maximum atomic E-state index is 12.8. The minimum absolute atomic E-state index is 0.110. The monoisotopic (exact) mass is 278 g/mol. The van der Waals surface area contributed by atoms with Crippen LogP contribution in [0.3, 0.4) is 0 Å². The summed E-state index contributed by atoms with van der Waals surface area (Å²) in [6.45, 7) is 9.47. The molecule has 112 valence electrons. The van der Waals surface area contributed by atoms with Gasteiger partial charge in [0.2, 0.25) is 11.8 Å². The summed E-state index contributed by atoms with van der Waals surface area (Å²) in [6, 6.07) is 0.443. The minimum atomic E-state index is -0.402. The third-order valence-corrected chi connectivity index (χ3v) is 3.83. The van der Waals surface area contributed by atoms with Crippen LogP contribution in [0.1, 0.15) is 52.9 Å². The molecule has 2 aliphatic carbocycles. The molecule has 0 saturated heterocycles. The number of hydrogen-bond donors (Lipinski definition) is 1. The molecule has 0 aliphatic heterocycles. The van der Waals surface area contributed by atoms with E-state index >= 15 is 0 Å². The van der Waals surface area contributed by atoms with Gasteiger partial charge in [0.05, 0.1) is 0 Å². The van der Waals surface area contributed by atoms with Crippen LogP contribution in [0.15, 0.2) is 12.2 Å². The highest BCUT2D eigenvalue weighted by atomic mass is 16.2. The van der Waals surface area contributed by atoms with Crippen molar-refractivity contribution in [1.82, 2.24) is 10.2 Å². The highest BCUT2D eigenvalue weighted by molar-refractivity contribution is 5.96. The first-order chi connectivity index (χ1) is 9.40. The molecule has 0 aromatic heterocycles. The van der Waals surface area contributed by atoms with Crippen LogP contribution in [0.4, 0.5) is 0 Å². The zero-order valence-electron chi connectivity index (χ0n) is 12.8. The van der Waals surface area contributed by atoms with Gasteiger partial charge in [-0.05, 0) is 44.9 Å². The molecule has 0 radical (unpaired) electrons. The van der Waals surface area contributed by atoms with Crippen LogP contribution < -0.4 is 5.32 Å². The summed E-state index contributed by atoms with van der Waals surface area (Å²) in [5.41, 5.74) is 0.455. The second-order valence-corrected chi connectivity index (χ2v) is 6.64. The summed E-state index contributed by atoms with van der Waals surface area (Å²) in [5.74, 6) is 0.267. The smallest absolute Gasteiger partial charge is 0.246 e. The zero-order chi connectivity index (χ0) is 14.9. The van der Waals surface area contributed by atoms with E-state index in [1.165, 1.54) is 0 Å². The topological polar surface area (TPSA) is 49.4 Å². The molecule has 2 fully saturated rings. The van der Waals surface area contributed by atoms with E-state index in [2.05, 4.69) is 25.7 Å². The lowest BCUT2D eigenvalue weighted by Gasteiger charge is -2.29. The Kier molecular flexibility index (Phi) is 4.51. The second kappa shape index (κ2) is 5.98. The molecular formula is C16H26N2O2. The van der Waals surface area contributed by atoms with Crippen LogP contribution in [-0.2, 0) is 9.59 Å². The molecule has 2 aliphatic rings. The number of hydrogen-bond acceptors (Lipinski definition) is 2. The predicted molar refractivity (Wildman–Crippen MR) is 79.1 cm³/mol. The first-order valence-corrected chi connectivity index (χ1v) is 7.68. The van der Waals surface area contributed by atoms with Gasteiger partial charge in [0.25, 0.3) is 0 Å². The molecule has 4 heteroatoms. The SMILES string of the molecule is C=C(C)C(=O)N[C@@H](CC(C)C)C(=O)N(C1CC1)C1CC1. The van der Waals surface area contributed by atoms with Crippen LogP contribution in [0, 0.1) is 5.92 Å². The summed E-state index contributed by atoms with van der Waals surface area (Å²) in [4.78, 5) is 26.7. The maximum Gasteiger partial charge on any atom is 0.246 e. The fourth-order valence-corrected chi connectivity index (χ4v) is 2.52. The molecule has 2 amide bonds. The number of nitrogens with one attached hydrogen (secondary N) is 1. The van der Waals surface area contributed by atoms with E-state index in [4.69, 9.17) is 0 Å². The van der Waals surface area contributed by atoms with Gasteiger partial charge in [-0.15, -0.1) is 0 Å². The summed E-state index contributed by atoms with van der Waals surface area (Å²) < 4.78 is 0. The van der Waals surface area contributed by atoms with Crippen molar-refractivity contribution >= 4 is 11.8 Å². The Morgan fingerprint density at radius 1 is 1.20 bits per heavy atom. The Morgan fingerprint density at radius 2 is 1.70 bits per heavy atom. The molecule has 0 unspecified atom stereocenters. The van der Waals surface area contributed by atoms with Crippen LogP contribution in [0.5, 0.6) is 0 Å². The Hall–Kier alpha value is -1.32. The fourth-order valence-electron chi connectivity index (χ4n) is 2.52. The molecule has 1 atom stereocenters. The molecule has 0 aromatic rings. The predicted octanol–water partition coefficient (Wildman–Crippen LogP) is 2.25. The Bertz CT molecular complexity index is 397. The summed E-state index contributed by atoms with van der Waals surface area (Å²) in [5, 5.41) is 2.86. The first-order valence-electron chi connectivity index (χ1n) is 7.68. The summed E-state index contributed by atoms with van der Waals surface area (Å²) in [7, 11) is 0. The standard InChI is InChI=1S/C16H26N2O2/c1-10(2)9-14(17-15(19)11(3)4)16(20)18(12-5-6-12)13-7-8-13/h10,12-14H,3,5-9H2,1-2,4H3,(H,17,19)/t14-/m0/s1. The molecule has 2 rings (SSSR count). The van der Waals surface area contributed by atoms with Gasteiger partial charge < -0.3 is 10.2 Å². The Morgan fingerprint density at radius 3 is 2.05 bits per heavy atom. The normalized spacial score (nSPS) is 19.6. The molecule has 20 heavy (non-hydrogen) atoms. The van der Waals surface area contributed by atoms with E-state index in [9.17, 15) is 9.59 Å². The van der Waals surface area contributed by atoms with E-state index in [-0.39, 0.29) is 11.8 Å². The van der Waals surface area contributed by atoms with Crippen LogP contribution >= 0.6 is 0 Å². The van der Waals surface area contributed by atoms with E-state index in [0.717, 1.165) is 25.7 Å². The lowest BCUT2D eigenvalue weighted by Crippen LogP contribution is -2.50. The highest BCUT2D eigenvalue weighted by Gasteiger charge is 2.44. The van der Waals surface area contributed by atoms with Crippen molar-refractivity contribution in [2.75, 3.05) is 0 Å². The Labute approximate surface area is 121 Å². The number of carbonyl (C=O) groups is 2. The van der Waals surface area contributed by atoms with Gasteiger partial charge in [0.15, 0.2) is 0 Å². The van der Waals surface area contributed by atoms with E-state index in [1.54, 1.807) is 6.92 Å². The van der Waals surface area contributed by atoms with Gasteiger partial charge in [-0.1, -0.05) is 20.4 Å². The fraction of sp³-hybridized carbons (Fsp3) is 0.750. The maximum absolute atomic E-state index is 12.8. The number of rotatable bonds is 7. The van der Waals surface area contributed by atoms with Gasteiger partial charge in [-0.25, -0.2) is 0 Å². The number of nitrogens with zero attached hydrogens (tertiary/aromatic N) is 1. The first kappa shape index (κ1) is 15.1. The van der Waals surface area contributed by atoms with Crippen molar-refractivity contribution in [3.8, 4) is 0 Å². The van der Waals surface area contributed by atoms with Crippen molar-refractivity contribution < 1.29 is 9.59 Å².